The van der Waals surface area contributed by atoms with E-state index in [0.29, 0.717) is 52.8 Å². The van der Waals surface area contributed by atoms with E-state index in [-0.39, 0.29) is 22.3 Å². The number of nitrogens with one attached hydrogen (secondary N) is 3. The van der Waals surface area contributed by atoms with Gasteiger partial charge in [0, 0.05) is 36.6 Å². The molecule has 1 saturated carbocycles. The molecular weight excluding hydrogens is 611 g/mol. The first-order valence-corrected chi connectivity index (χ1v) is 16.2. The van der Waals surface area contributed by atoms with Crippen molar-refractivity contribution in [1.82, 2.24) is 9.79 Å². The van der Waals surface area contributed by atoms with Crippen LogP contribution in [0.5, 0.6) is 0 Å². The van der Waals surface area contributed by atoms with Crippen LogP contribution in [0.2, 0.25) is 0 Å². The van der Waals surface area contributed by atoms with E-state index in [0.717, 1.165) is 5.39 Å². The number of pyridine rings is 1. The minimum absolute atomic E-state index is 0.132. The topological polar surface area (TPSA) is 167 Å². The predicted molar refractivity (Wildman–Crippen MR) is 176 cm³/mol. The van der Waals surface area contributed by atoms with E-state index in [4.69, 9.17) is 9.47 Å². The number of aromatic amines is 1. The molecule has 1 unspecified atom stereocenters. The normalized spacial score (nSPS) is 14.5. The van der Waals surface area contributed by atoms with Crippen molar-refractivity contribution in [2.24, 2.45) is 0 Å². The number of methoxy groups -OCH3 is 1. The van der Waals surface area contributed by atoms with Crippen LogP contribution in [-0.4, -0.2) is 69.4 Å². The Bertz CT molecular complexity index is 1910. The summed E-state index contributed by atoms with van der Waals surface area (Å²) in [5, 5.41) is 16.4. The molecule has 0 bridgehead atoms. The lowest BCUT2D eigenvalue weighted by Gasteiger charge is -2.19. The Balaban J connectivity index is 1.23. The molecule has 0 radical (unpaired) electrons. The van der Waals surface area contributed by atoms with E-state index < -0.39 is 34.0 Å². The number of benzene rings is 3. The highest BCUT2D eigenvalue weighted by molar-refractivity contribution is 7.92. The molecule has 240 valence electrons. The Morgan fingerprint density at radius 1 is 1.04 bits per heavy atom. The maximum Gasteiger partial charge on any atom is 0.411 e. The van der Waals surface area contributed by atoms with Gasteiger partial charge in [-0.3, -0.25) is 10.1 Å². The van der Waals surface area contributed by atoms with Crippen LogP contribution in [-0.2, 0) is 30.7 Å². The average Bonchev–Trinajstić information content (AvgIpc) is 3.87. The van der Waals surface area contributed by atoms with Gasteiger partial charge >= 0.3 is 12.1 Å². The molecule has 0 saturated heterocycles. The van der Waals surface area contributed by atoms with Gasteiger partial charge in [-0.2, -0.15) is 0 Å². The fraction of sp³-hybridized carbons (Fsp3) is 0.281. The van der Waals surface area contributed by atoms with Gasteiger partial charge in [0.15, 0.2) is 23.9 Å². The van der Waals surface area contributed by atoms with Crippen molar-refractivity contribution in [3.63, 3.8) is 0 Å². The number of fused-ring (bicyclic) bond motifs is 1. The fourth-order valence-electron chi connectivity index (χ4n) is 5.19. The minimum Gasteiger partial charge on any atom is -0.479 e. The van der Waals surface area contributed by atoms with Crippen LogP contribution < -0.4 is 16.2 Å². The summed E-state index contributed by atoms with van der Waals surface area (Å²) in [4.78, 5) is 41.8. The van der Waals surface area contributed by atoms with Crippen LogP contribution >= 0.6 is 0 Å². The summed E-state index contributed by atoms with van der Waals surface area (Å²) < 4.78 is 36.8. The van der Waals surface area contributed by atoms with Crippen molar-refractivity contribution in [2.75, 3.05) is 31.4 Å². The van der Waals surface area contributed by atoms with E-state index in [2.05, 4.69) is 15.6 Å². The number of carboxylic acids is 1. The van der Waals surface area contributed by atoms with Gasteiger partial charge in [-0.05, 0) is 78.4 Å². The van der Waals surface area contributed by atoms with Gasteiger partial charge in [-0.1, -0.05) is 30.3 Å². The number of sulfone groups is 1. The summed E-state index contributed by atoms with van der Waals surface area (Å²) >= 11 is 0. The fourth-order valence-corrected chi connectivity index (χ4v) is 7.06. The van der Waals surface area contributed by atoms with Gasteiger partial charge in [0.2, 0.25) is 0 Å². The SMILES string of the molecule is BN(C)Cc1cc(NC(=O)OC[C@H](OC)c2ccc(C(Nc3ccc4cc[nH]c(=O)c4c3)C(=O)O)cc2)ccc1S(=O)(=O)C1CC1. The number of aliphatic carboxylic acids is 1. The van der Waals surface area contributed by atoms with Crippen LogP contribution in [0, 0.1) is 0 Å². The van der Waals surface area contributed by atoms with Crippen molar-refractivity contribution in [3.05, 3.63) is 100.0 Å². The Labute approximate surface area is 267 Å². The van der Waals surface area contributed by atoms with Gasteiger partial charge in [0.05, 0.1) is 10.1 Å². The zero-order valence-corrected chi connectivity index (χ0v) is 26.5. The van der Waals surface area contributed by atoms with Gasteiger partial charge in [-0.25, -0.2) is 18.0 Å². The lowest BCUT2D eigenvalue weighted by molar-refractivity contribution is -0.138. The Morgan fingerprint density at radius 3 is 2.39 bits per heavy atom. The summed E-state index contributed by atoms with van der Waals surface area (Å²) in [5.74, 6) is -1.11. The third kappa shape index (κ3) is 7.58. The molecule has 0 spiro atoms. The lowest BCUT2D eigenvalue weighted by Crippen LogP contribution is -2.21. The van der Waals surface area contributed by atoms with Crippen molar-refractivity contribution in [1.29, 1.82) is 0 Å². The van der Waals surface area contributed by atoms with Crippen molar-refractivity contribution >= 4 is 52.0 Å². The molecule has 12 nitrogen and oxygen atoms in total. The largest absolute Gasteiger partial charge is 0.479 e. The maximum absolute atomic E-state index is 12.9. The van der Waals surface area contributed by atoms with E-state index in [1.54, 1.807) is 66.9 Å². The first-order valence-electron chi connectivity index (χ1n) is 14.6. The molecule has 1 amide bonds. The quantitative estimate of drug-likeness (QED) is 0.158. The second kappa shape index (κ2) is 13.8. The summed E-state index contributed by atoms with van der Waals surface area (Å²) in [6.07, 6.45) is 1.49. The van der Waals surface area contributed by atoms with Crippen molar-refractivity contribution in [3.8, 4) is 0 Å². The van der Waals surface area contributed by atoms with E-state index in [9.17, 15) is 27.9 Å². The molecule has 4 N–H and O–H groups in total. The third-order valence-electron chi connectivity index (χ3n) is 7.69. The first kappa shape index (κ1) is 32.7. The highest BCUT2D eigenvalue weighted by Gasteiger charge is 2.38. The summed E-state index contributed by atoms with van der Waals surface area (Å²) in [7, 11) is 1.73. The molecule has 0 aliphatic heterocycles. The van der Waals surface area contributed by atoms with E-state index in [1.165, 1.54) is 13.2 Å². The first-order chi connectivity index (χ1) is 22.0. The Kier molecular flexibility index (Phi) is 9.80. The summed E-state index contributed by atoms with van der Waals surface area (Å²) in [6.45, 7) is 0.251. The molecule has 1 heterocycles. The van der Waals surface area contributed by atoms with Gasteiger partial charge in [-0.15, -0.1) is 0 Å². The van der Waals surface area contributed by atoms with Gasteiger partial charge in [0.1, 0.15) is 12.7 Å². The molecule has 1 fully saturated rings. The lowest BCUT2D eigenvalue weighted by atomic mass is 10.0. The standard InChI is InChI=1S/C32H35BN4O8S/c1-37(33)17-22-15-23(9-12-28(22)46(42,43)25-10-11-25)36-32(41)45-18-27(44-2)20-3-5-21(6-4-20)29(31(39)40)35-24-8-7-19-13-14-34-30(38)26(19)16-24/h3-9,12-16,25,27,29,35H,10-11,17-18,33H2,1-2H3,(H,34,38)(H,36,41)(H,39,40)/t27-,29?/m0/s1. The number of nitrogens with zero attached hydrogens (tertiary/aromatic N) is 1. The molecule has 1 aromatic heterocycles. The Hall–Kier alpha value is -4.66. The maximum atomic E-state index is 12.9. The third-order valence-corrected chi connectivity index (χ3v) is 10.0. The zero-order valence-electron chi connectivity index (χ0n) is 25.6. The van der Waals surface area contributed by atoms with Crippen LogP contribution in [0.25, 0.3) is 10.8 Å². The van der Waals surface area contributed by atoms with Crippen molar-refractivity contribution in [2.45, 2.75) is 41.7 Å². The number of hydrogen-bond acceptors (Lipinski definition) is 9. The van der Waals surface area contributed by atoms with E-state index >= 15 is 0 Å². The number of hydrogen-bond donors (Lipinski definition) is 4. The number of carboxylic acid groups (broad SMARTS) is 1. The number of ether oxygens (including phenoxy) is 2. The molecule has 5 rings (SSSR count). The summed E-state index contributed by atoms with van der Waals surface area (Å²) in [5.41, 5.74) is 2.31. The number of carbonyl (C=O) groups is 2. The van der Waals surface area contributed by atoms with Crippen molar-refractivity contribution < 1.29 is 32.6 Å². The molecule has 1 aliphatic rings. The molecule has 3 aromatic carbocycles. The molecule has 1 aliphatic carbocycles. The monoisotopic (exact) mass is 646 g/mol. The second-order valence-corrected chi connectivity index (χ2v) is 13.6. The number of H-pyrrole nitrogens is 1. The van der Waals surface area contributed by atoms with Crippen LogP contribution in [0.4, 0.5) is 16.2 Å². The molecule has 14 heteroatoms. The molecule has 2 atom stereocenters. The van der Waals surface area contributed by atoms with Crippen LogP contribution in [0.1, 0.15) is 41.7 Å². The summed E-state index contributed by atoms with van der Waals surface area (Å²) in [6, 6.07) is 17.1. The molecule has 46 heavy (non-hydrogen) atoms. The molecule has 4 aromatic rings. The highest BCUT2D eigenvalue weighted by atomic mass is 32.2. The number of amides is 1. The Morgan fingerprint density at radius 2 is 1.74 bits per heavy atom. The van der Waals surface area contributed by atoms with Crippen LogP contribution in [0.15, 0.2) is 82.6 Å². The number of anilines is 2. The number of rotatable bonds is 13. The second-order valence-electron chi connectivity index (χ2n) is 11.4. The van der Waals surface area contributed by atoms with Gasteiger partial charge < -0.3 is 29.7 Å². The van der Waals surface area contributed by atoms with Crippen LogP contribution in [0.3, 0.4) is 0 Å². The number of aromatic nitrogens is 1. The van der Waals surface area contributed by atoms with E-state index in [1.807, 2.05) is 19.8 Å². The minimum atomic E-state index is -3.42. The molecular formula is C32H35BN4O8S. The zero-order chi connectivity index (χ0) is 33.0. The highest BCUT2D eigenvalue weighted by Crippen LogP contribution is 2.36. The van der Waals surface area contributed by atoms with Gasteiger partial charge in [0.25, 0.3) is 5.56 Å². The smallest absolute Gasteiger partial charge is 0.411 e. The predicted octanol–water partition coefficient (Wildman–Crippen LogP) is 3.62. The number of carbonyl (C=O) groups excluding carboxylic acids is 1. The average molecular weight is 647 g/mol.